The lowest BCUT2D eigenvalue weighted by molar-refractivity contribution is -0.286. The maximum atomic E-state index is 14.0. The molecule has 13 heteroatoms. The van der Waals surface area contributed by atoms with E-state index >= 15 is 0 Å². The molecule has 30 heavy (non-hydrogen) atoms. The summed E-state index contributed by atoms with van der Waals surface area (Å²) >= 11 is 0. The Bertz CT molecular complexity index is 1060. The van der Waals surface area contributed by atoms with Crippen LogP contribution in [-0.4, -0.2) is 45.5 Å². The van der Waals surface area contributed by atoms with Gasteiger partial charge in [-0.1, -0.05) is 0 Å². The summed E-state index contributed by atoms with van der Waals surface area (Å²) in [4.78, 5) is 28.0. The van der Waals surface area contributed by atoms with E-state index in [0.717, 1.165) is 24.4 Å². The van der Waals surface area contributed by atoms with Crippen LogP contribution in [0.2, 0.25) is 0 Å². The monoisotopic (exact) mass is 431 g/mol. The van der Waals surface area contributed by atoms with Gasteiger partial charge in [0.15, 0.2) is 11.5 Å². The van der Waals surface area contributed by atoms with Crippen molar-refractivity contribution in [2.24, 2.45) is 0 Å². The van der Waals surface area contributed by atoms with Gasteiger partial charge in [-0.15, -0.1) is 8.78 Å². The zero-order valence-electron chi connectivity index (χ0n) is 14.9. The molecule has 1 unspecified atom stereocenters. The highest BCUT2D eigenvalue weighted by Crippen LogP contribution is 2.42. The molecule has 2 aliphatic heterocycles. The number of benzene rings is 1. The van der Waals surface area contributed by atoms with Crippen molar-refractivity contribution in [2.75, 3.05) is 11.9 Å². The summed E-state index contributed by atoms with van der Waals surface area (Å²) in [7, 11) is 0. The fraction of sp³-hybridized carbons (Fsp3) is 0.353. The minimum absolute atomic E-state index is 0.0996. The molecule has 160 valence electrons. The first kappa shape index (κ1) is 20.1. The maximum absolute atomic E-state index is 14.0. The van der Waals surface area contributed by atoms with E-state index in [4.69, 9.17) is 9.84 Å². The van der Waals surface area contributed by atoms with Crippen molar-refractivity contribution in [3.05, 3.63) is 46.5 Å². The smallest absolute Gasteiger partial charge is 0.395 e. The van der Waals surface area contributed by atoms with Crippen molar-refractivity contribution in [2.45, 2.75) is 31.0 Å². The number of nitrogens with zero attached hydrogens (tertiary/aromatic N) is 2. The van der Waals surface area contributed by atoms with Crippen molar-refractivity contribution in [1.82, 2.24) is 9.55 Å². The standard InChI is InChI=1S/C17H13F4N3O6/c18-16(19)6-9(7-25)28-14(16)24-4-3-12(23-15(24)27)22-13(26)8-1-2-10-11(5-8)30-17(20,21)29-10/h1-5,9,14,25H,6-7H2,(H,22,23,26,27)/t9-,14?/m0/s1. The summed E-state index contributed by atoms with van der Waals surface area (Å²) < 4.78 is 68.2. The number of aliphatic hydroxyl groups is 1. The van der Waals surface area contributed by atoms with Crippen LogP contribution in [0, 0.1) is 0 Å². The molecule has 2 atom stereocenters. The quantitative estimate of drug-likeness (QED) is 0.710. The Morgan fingerprint density at radius 3 is 2.63 bits per heavy atom. The van der Waals surface area contributed by atoms with E-state index in [2.05, 4.69) is 19.8 Å². The Kier molecular flexibility index (Phi) is 4.66. The topological polar surface area (TPSA) is 112 Å². The third-order valence-electron chi connectivity index (χ3n) is 4.37. The third kappa shape index (κ3) is 3.68. The van der Waals surface area contributed by atoms with Crippen LogP contribution in [0.15, 0.2) is 35.3 Å². The Labute approximate surface area is 164 Å². The molecule has 9 nitrogen and oxygen atoms in total. The van der Waals surface area contributed by atoms with Crippen molar-refractivity contribution in [3.63, 3.8) is 0 Å². The van der Waals surface area contributed by atoms with Gasteiger partial charge in [-0.05, 0) is 24.3 Å². The Balaban J connectivity index is 1.51. The normalized spacial score (nSPS) is 23.4. The fourth-order valence-electron chi connectivity index (χ4n) is 3.05. The summed E-state index contributed by atoms with van der Waals surface area (Å²) in [6.07, 6.45) is -6.72. The first-order chi connectivity index (χ1) is 14.1. The van der Waals surface area contributed by atoms with Crippen LogP contribution in [0.5, 0.6) is 11.5 Å². The van der Waals surface area contributed by atoms with Gasteiger partial charge in [0, 0.05) is 18.2 Å². The number of amides is 1. The molecule has 0 aliphatic carbocycles. The average Bonchev–Trinajstić information content (AvgIpc) is 3.14. The lowest BCUT2D eigenvalue weighted by atomic mass is 10.2. The van der Waals surface area contributed by atoms with E-state index in [1.807, 2.05) is 0 Å². The number of carbonyl (C=O) groups excluding carboxylic acids is 1. The predicted octanol–water partition coefficient (Wildman–Crippen LogP) is 1.73. The molecular formula is C17H13F4N3O6. The molecule has 0 saturated carbocycles. The number of carbonyl (C=O) groups is 1. The number of nitrogens with one attached hydrogen (secondary N) is 1. The molecule has 2 aromatic rings. The summed E-state index contributed by atoms with van der Waals surface area (Å²) in [6.45, 7) is -0.635. The molecule has 0 spiro atoms. The van der Waals surface area contributed by atoms with Crippen molar-refractivity contribution in [3.8, 4) is 11.5 Å². The van der Waals surface area contributed by atoms with Gasteiger partial charge in [0.05, 0.1) is 12.7 Å². The molecule has 0 radical (unpaired) electrons. The molecule has 1 aromatic carbocycles. The summed E-state index contributed by atoms with van der Waals surface area (Å²) in [5, 5.41) is 11.3. The second-order valence-corrected chi connectivity index (χ2v) is 6.54. The van der Waals surface area contributed by atoms with Crippen LogP contribution in [0.1, 0.15) is 23.0 Å². The van der Waals surface area contributed by atoms with Gasteiger partial charge in [-0.25, -0.2) is 13.6 Å². The van der Waals surface area contributed by atoms with Crippen LogP contribution < -0.4 is 20.5 Å². The van der Waals surface area contributed by atoms with Crippen molar-refractivity contribution < 1.29 is 41.7 Å². The Hall–Kier alpha value is -3.19. The second kappa shape index (κ2) is 6.95. The van der Waals surface area contributed by atoms with E-state index in [-0.39, 0.29) is 22.9 Å². The number of hydrogen-bond donors (Lipinski definition) is 2. The number of halogens is 4. The first-order valence-corrected chi connectivity index (χ1v) is 8.52. The number of aliphatic hydroxyl groups excluding tert-OH is 1. The summed E-state index contributed by atoms with van der Waals surface area (Å²) in [5.41, 5.74) is -1.22. The molecule has 2 N–H and O–H groups in total. The van der Waals surface area contributed by atoms with E-state index in [9.17, 15) is 27.2 Å². The van der Waals surface area contributed by atoms with E-state index in [0.29, 0.717) is 4.57 Å². The summed E-state index contributed by atoms with van der Waals surface area (Å²) in [6, 6.07) is 4.39. The van der Waals surface area contributed by atoms with Crippen LogP contribution in [0.3, 0.4) is 0 Å². The number of hydrogen-bond acceptors (Lipinski definition) is 7. The van der Waals surface area contributed by atoms with Gasteiger partial charge in [0.2, 0.25) is 6.23 Å². The minimum Gasteiger partial charge on any atom is -0.395 e. The van der Waals surface area contributed by atoms with Crippen molar-refractivity contribution in [1.29, 1.82) is 0 Å². The molecule has 1 fully saturated rings. The molecule has 3 heterocycles. The number of ether oxygens (including phenoxy) is 3. The van der Waals surface area contributed by atoms with Crippen molar-refractivity contribution >= 4 is 11.7 Å². The highest BCUT2D eigenvalue weighted by molar-refractivity contribution is 6.04. The van der Waals surface area contributed by atoms with E-state index in [1.54, 1.807) is 0 Å². The second-order valence-electron chi connectivity index (χ2n) is 6.54. The lowest BCUT2D eigenvalue weighted by Crippen LogP contribution is -2.35. The number of alkyl halides is 4. The third-order valence-corrected chi connectivity index (χ3v) is 4.37. The zero-order valence-corrected chi connectivity index (χ0v) is 14.9. The molecule has 0 bridgehead atoms. The van der Waals surface area contributed by atoms with Gasteiger partial charge < -0.3 is 24.6 Å². The van der Waals surface area contributed by atoms with E-state index in [1.165, 1.54) is 6.07 Å². The molecule has 1 amide bonds. The fourth-order valence-corrected chi connectivity index (χ4v) is 3.05. The SMILES string of the molecule is O=C(Nc1ccn(C2O[C@H](CO)CC2(F)F)c(=O)n1)c1ccc2c(c1)OC(F)(F)O2. The zero-order chi connectivity index (χ0) is 21.7. The molecule has 1 saturated heterocycles. The van der Waals surface area contributed by atoms with Crippen LogP contribution in [0.4, 0.5) is 23.4 Å². The highest BCUT2D eigenvalue weighted by Gasteiger charge is 2.51. The Morgan fingerprint density at radius 2 is 1.97 bits per heavy atom. The number of fused-ring (bicyclic) bond motifs is 1. The number of aromatic nitrogens is 2. The minimum atomic E-state index is -3.84. The van der Waals surface area contributed by atoms with Gasteiger partial charge in [0.25, 0.3) is 11.8 Å². The predicted molar refractivity (Wildman–Crippen MR) is 89.7 cm³/mol. The molecule has 4 rings (SSSR count). The van der Waals surface area contributed by atoms with Gasteiger partial charge in [0.1, 0.15) is 5.82 Å². The highest BCUT2D eigenvalue weighted by atomic mass is 19.3. The number of anilines is 1. The molecule has 2 aliphatic rings. The molecular weight excluding hydrogens is 418 g/mol. The maximum Gasteiger partial charge on any atom is 0.586 e. The number of rotatable bonds is 4. The average molecular weight is 431 g/mol. The first-order valence-electron chi connectivity index (χ1n) is 8.52. The molecule has 1 aromatic heterocycles. The van der Waals surface area contributed by atoms with Gasteiger partial charge in [-0.3, -0.25) is 9.36 Å². The van der Waals surface area contributed by atoms with Gasteiger partial charge >= 0.3 is 12.0 Å². The van der Waals surface area contributed by atoms with Gasteiger partial charge in [-0.2, -0.15) is 4.98 Å². The van der Waals surface area contributed by atoms with E-state index < -0.39 is 49.2 Å². The van der Waals surface area contributed by atoms with Crippen LogP contribution in [-0.2, 0) is 4.74 Å². The van der Waals surface area contributed by atoms with Crippen LogP contribution in [0.25, 0.3) is 0 Å². The largest absolute Gasteiger partial charge is 0.586 e. The Morgan fingerprint density at radius 1 is 1.23 bits per heavy atom. The lowest BCUT2D eigenvalue weighted by Gasteiger charge is -2.19. The van der Waals surface area contributed by atoms with Crippen LogP contribution >= 0.6 is 0 Å². The summed E-state index contributed by atoms with van der Waals surface area (Å²) in [5.74, 6) is -5.09.